The Morgan fingerprint density at radius 2 is 1.59 bits per heavy atom. The molecule has 0 atom stereocenters. The van der Waals surface area contributed by atoms with Crippen LogP contribution in [0.15, 0.2) is 48.2 Å². The zero-order valence-corrected chi connectivity index (χ0v) is 17.0. The number of imide groups is 1. The maximum atomic E-state index is 13.5. The molecule has 2 aliphatic heterocycles. The summed E-state index contributed by atoms with van der Waals surface area (Å²) in [6.07, 6.45) is 1.98. The van der Waals surface area contributed by atoms with Crippen LogP contribution in [-0.4, -0.2) is 29.8 Å². The standard InChI is InChI=1S/C24H25FN2O2/c1-15-10-12-26(13-11-15)22-21(20-9-4-16(2)14-17(20)3)23(28)27(24(22)29)19-7-5-18(25)6-8-19/h4-9,14-15H,10-13H2,1-3H3. The SMILES string of the molecule is Cc1ccc(C2=C(N3CCC(C)CC3)C(=O)N(c3ccc(F)cc3)C2=O)c(C)c1. The minimum atomic E-state index is -0.402. The van der Waals surface area contributed by atoms with Crippen LogP contribution in [0.4, 0.5) is 10.1 Å². The molecule has 4 rings (SSSR count). The van der Waals surface area contributed by atoms with Gasteiger partial charge in [0.15, 0.2) is 0 Å². The van der Waals surface area contributed by atoms with E-state index >= 15 is 0 Å². The first-order chi connectivity index (χ1) is 13.9. The topological polar surface area (TPSA) is 40.6 Å². The third-order valence-corrected chi connectivity index (χ3v) is 5.90. The molecule has 0 aliphatic carbocycles. The highest BCUT2D eigenvalue weighted by Gasteiger charge is 2.43. The number of carbonyl (C=O) groups is 2. The van der Waals surface area contributed by atoms with Crippen molar-refractivity contribution in [2.45, 2.75) is 33.6 Å². The van der Waals surface area contributed by atoms with E-state index in [1.54, 1.807) is 0 Å². The van der Waals surface area contributed by atoms with Gasteiger partial charge in [-0.25, -0.2) is 9.29 Å². The number of aryl methyl sites for hydroxylation is 2. The highest BCUT2D eigenvalue weighted by molar-refractivity contribution is 6.45. The molecule has 5 heteroatoms. The second-order valence-corrected chi connectivity index (χ2v) is 8.13. The van der Waals surface area contributed by atoms with Crippen molar-refractivity contribution in [2.75, 3.05) is 18.0 Å². The molecule has 1 fully saturated rings. The fourth-order valence-corrected chi connectivity index (χ4v) is 4.21. The van der Waals surface area contributed by atoms with Crippen LogP contribution in [0.2, 0.25) is 0 Å². The molecule has 4 nitrogen and oxygen atoms in total. The van der Waals surface area contributed by atoms with Crippen LogP contribution in [0.1, 0.15) is 36.5 Å². The van der Waals surface area contributed by atoms with Crippen molar-refractivity contribution in [1.82, 2.24) is 4.90 Å². The van der Waals surface area contributed by atoms with Crippen molar-refractivity contribution in [3.63, 3.8) is 0 Å². The Bertz CT molecular complexity index is 1000. The summed E-state index contributed by atoms with van der Waals surface area (Å²) >= 11 is 0. The maximum absolute atomic E-state index is 13.5. The average Bonchev–Trinajstić information content (AvgIpc) is 2.94. The molecule has 150 valence electrons. The molecule has 29 heavy (non-hydrogen) atoms. The number of piperidine rings is 1. The number of carbonyl (C=O) groups excluding carboxylic acids is 2. The van der Waals surface area contributed by atoms with E-state index in [4.69, 9.17) is 0 Å². The Morgan fingerprint density at radius 3 is 2.21 bits per heavy atom. The van der Waals surface area contributed by atoms with Crippen molar-refractivity contribution in [3.8, 4) is 0 Å². The average molecular weight is 392 g/mol. The van der Waals surface area contributed by atoms with Gasteiger partial charge in [0, 0.05) is 13.1 Å². The first-order valence-corrected chi connectivity index (χ1v) is 10.1. The first kappa shape index (κ1) is 19.4. The lowest BCUT2D eigenvalue weighted by molar-refractivity contribution is -0.120. The fourth-order valence-electron chi connectivity index (χ4n) is 4.21. The smallest absolute Gasteiger partial charge is 0.282 e. The van der Waals surface area contributed by atoms with Crippen LogP contribution in [0.5, 0.6) is 0 Å². The van der Waals surface area contributed by atoms with Crippen molar-refractivity contribution < 1.29 is 14.0 Å². The van der Waals surface area contributed by atoms with Gasteiger partial charge in [-0.15, -0.1) is 0 Å². The Morgan fingerprint density at radius 1 is 0.931 bits per heavy atom. The van der Waals surface area contributed by atoms with Gasteiger partial charge in [-0.1, -0.05) is 30.7 Å². The molecule has 0 N–H and O–H groups in total. The minimum Gasteiger partial charge on any atom is -0.366 e. The maximum Gasteiger partial charge on any atom is 0.282 e. The number of nitrogens with zero attached hydrogens (tertiary/aromatic N) is 2. The van der Waals surface area contributed by atoms with E-state index in [2.05, 4.69) is 11.8 Å². The molecule has 0 radical (unpaired) electrons. The van der Waals surface area contributed by atoms with Gasteiger partial charge < -0.3 is 4.90 Å². The summed E-state index contributed by atoms with van der Waals surface area (Å²) < 4.78 is 13.4. The molecular weight excluding hydrogens is 367 g/mol. The van der Waals surface area contributed by atoms with Gasteiger partial charge in [0.25, 0.3) is 11.8 Å². The number of hydrogen-bond donors (Lipinski definition) is 0. The highest BCUT2D eigenvalue weighted by Crippen LogP contribution is 2.37. The van der Waals surface area contributed by atoms with Gasteiger partial charge >= 0.3 is 0 Å². The zero-order valence-electron chi connectivity index (χ0n) is 17.0. The van der Waals surface area contributed by atoms with Crippen molar-refractivity contribution >= 4 is 23.1 Å². The van der Waals surface area contributed by atoms with Crippen molar-refractivity contribution in [3.05, 3.63) is 70.7 Å². The Labute approximate surface area is 170 Å². The highest BCUT2D eigenvalue weighted by atomic mass is 19.1. The van der Waals surface area contributed by atoms with E-state index in [0.717, 1.165) is 42.6 Å². The van der Waals surface area contributed by atoms with Crippen molar-refractivity contribution in [2.24, 2.45) is 5.92 Å². The van der Waals surface area contributed by atoms with E-state index in [0.29, 0.717) is 22.9 Å². The minimum absolute atomic E-state index is 0.328. The van der Waals surface area contributed by atoms with Crippen LogP contribution < -0.4 is 4.90 Å². The fraction of sp³-hybridized carbons (Fsp3) is 0.333. The molecule has 2 aliphatic rings. The van der Waals surface area contributed by atoms with E-state index in [1.165, 1.54) is 29.2 Å². The van der Waals surface area contributed by atoms with Gasteiger partial charge in [-0.2, -0.15) is 0 Å². The lowest BCUT2D eigenvalue weighted by Gasteiger charge is -2.32. The van der Waals surface area contributed by atoms with Crippen LogP contribution in [-0.2, 0) is 9.59 Å². The molecule has 0 spiro atoms. The Kier molecular flexibility index (Phi) is 4.99. The van der Waals surface area contributed by atoms with Gasteiger partial charge in [-0.3, -0.25) is 9.59 Å². The predicted octanol–water partition coefficient (Wildman–Crippen LogP) is 4.46. The summed E-state index contributed by atoms with van der Waals surface area (Å²) in [6, 6.07) is 11.4. The summed E-state index contributed by atoms with van der Waals surface area (Å²) in [5.74, 6) is -0.467. The summed E-state index contributed by atoms with van der Waals surface area (Å²) in [5, 5.41) is 0. The second kappa shape index (κ2) is 7.47. The summed E-state index contributed by atoms with van der Waals surface area (Å²) in [4.78, 5) is 30.2. The van der Waals surface area contributed by atoms with Crippen LogP contribution in [0.25, 0.3) is 5.57 Å². The zero-order chi connectivity index (χ0) is 20.7. The molecule has 0 aromatic heterocycles. The number of rotatable bonds is 3. The van der Waals surface area contributed by atoms with E-state index in [9.17, 15) is 14.0 Å². The first-order valence-electron chi connectivity index (χ1n) is 10.1. The van der Waals surface area contributed by atoms with E-state index in [1.807, 2.05) is 32.0 Å². The predicted molar refractivity (Wildman–Crippen MR) is 112 cm³/mol. The van der Waals surface area contributed by atoms with E-state index in [-0.39, 0.29) is 11.8 Å². The van der Waals surface area contributed by atoms with Gasteiger partial charge in [-0.05, 0) is 68.0 Å². The van der Waals surface area contributed by atoms with Crippen LogP contribution in [0, 0.1) is 25.6 Å². The van der Waals surface area contributed by atoms with Gasteiger partial charge in [0.2, 0.25) is 0 Å². The number of benzene rings is 2. The number of amides is 2. The molecular formula is C24H25FN2O2. The molecule has 2 aromatic carbocycles. The molecule has 2 aromatic rings. The van der Waals surface area contributed by atoms with Crippen LogP contribution in [0.3, 0.4) is 0 Å². The summed E-state index contributed by atoms with van der Waals surface area (Å²) in [7, 11) is 0. The number of halogens is 1. The summed E-state index contributed by atoms with van der Waals surface area (Å²) in [5.41, 5.74) is 4.16. The normalized spacial score (nSPS) is 18.2. The second-order valence-electron chi connectivity index (χ2n) is 8.13. The number of anilines is 1. The quantitative estimate of drug-likeness (QED) is 0.724. The molecule has 1 saturated heterocycles. The lowest BCUT2D eigenvalue weighted by Crippen LogP contribution is -2.38. The Hall–Kier alpha value is -2.95. The van der Waals surface area contributed by atoms with Gasteiger partial charge in [0.05, 0.1) is 11.3 Å². The Balaban J connectivity index is 1.83. The monoisotopic (exact) mass is 392 g/mol. The third-order valence-electron chi connectivity index (χ3n) is 5.90. The largest absolute Gasteiger partial charge is 0.366 e. The molecule has 0 saturated carbocycles. The lowest BCUT2D eigenvalue weighted by atomic mass is 9.95. The number of likely N-dealkylation sites (tertiary alicyclic amines) is 1. The molecule has 0 unspecified atom stereocenters. The van der Waals surface area contributed by atoms with Crippen molar-refractivity contribution in [1.29, 1.82) is 0 Å². The molecule has 2 amide bonds. The van der Waals surface area contributed by atoms with E-state index < -0.39 is 5.82 Å². The van der Waals surface area contributed by atoms with Crippen LogP contribution >= 0.6 is 0 Å². The number of hydrogen-bond acceptors (Lipinski definition) is 3. The molecule has 2 heterocycles. The van der Waals surface area contributed by atoms with Gasteiger partial charge in [0.1, 0.15) is 11.5 Å². The third kappa shape index (κ3) is 3.46. The molecule has 0 bridgehead atoms. The summed E-state index contributed by atoms with van der Waals surface area (Å²) in [6.45, 7) is 7.68.